The first-order valence-corrected chi connectivity index (χ1v) is 10.8. The topological polar surface area (TPSA) is 32.6 Å². The molecule has 152 valence electrons. The molecule has 3 aromatic rings. The van der Waals surface area contributed by atoms with Gasteiger partial charge in [-0.3, -0.25) is 4.99 Å². The lowest BCUT2D eigenvalue weighted by atomic mass is 9.91. The Labute approximate surface area is 187 Å². The summed E-state index contributed by atoms with van der Waals surface area (Å²) in [6.45, 7) is 2.02. The Balaban J connectivity index is 1.53. The minimum absolute atomic E-state index is 0.0730. The van der Waals surface area contributed by atoms with Crippen LogP contribution in [0, 0.1) is 12.8 Å². The van der Waals surface area contributed by atoms with E-state index in [0.717, 1.165) is 40.3 Å². The van der Waals surface area contributed by atoms with E-state index in [2.05, 4.69) is 48.3 Å². The predicted molar refractivity (Wildman–Crippen MR) is 127 cm³/mol. The minimum Gasteiger partial charge on any atom is -0.390 e. The number of benzene rings is 3. The third-order valence-corrected chi connectivity index (χ3v) is 6.13. The molecule has 0 bridgehead atoms. The number of hydrogen-bond acceptors (Lipinski definition) is 2. The molecule has 1 N–H and O–H groups in total. The third-order valence-electron chi connectivity index (χ3n) is 5.45. The molecule has 1 aliphatic heterocycles. The molecule has 1 heterocycles. The molecule has 0 fully saturated rings. The lowest BCUT2D eigenvalue weighted by molar-refractivity contribution is 0.330. The summed E-state index contributed by atoms with van der Waals surface area (Å²) in [5.41, 5.74) is 7.15. The largest absolute Gasteiger partial charge is 0.390 e. The van der Waals surface area contributed by atoms with Gasteiger partial charge in [0.25, 0.3) is 0 Å². The van der Waals surface area contributed by atoms with Gasteiger partial charge in [-0.1, -0.05) is 89.4 Å². The Morgan fingerprint density at radius 3 is 2.43 bits per heavy atom. The molecule has 0 aromatic heterocycles. The maximum atomic E-state index is 9.58. The number of rotatable bonds is 6. The fourth-order valence-electron chi connectivity index (χ4n) is 3.89. The van der Waals surface area contributed by atoms with Gasteiger partial charge in [-0.15, -0.1) is 0 Å². The average molecular weight is 436 g/mol. The number of allylic oxidation sites excluding steroid dienone is 1. The fourth-order valence-corrected chi connectivity index (χ4v) is 4.40. The smallest absolute Gasteiger partial charge is 0.0850 e. The summed E-state index contributed by atoms with van der Waals surface area (Å²) in [5, 5.41) is 11.0. The van der Waals surface area contributed by atoms with Crippen LogP contribution < -0.4 is 0 Å². The van der Waals surface area contributed by atoms with Crippen LogP contribution >= 0.6 is 23.2 Å². The molecule has 1 unspecified atom stereocenters. The lowest BCUT2D eigenvalue weighted by Crippen LogP contribution is -2.12. The Morgan fingerprint density at radius 1 is 0.900 bits per heavy atom. The van der Waals surface area contributed by atoms with Crippen molar-refractivity contribution < 1.29 is 5.11 Å². The standard InChI is InChI=1S/C26H23Cl2NO/c1-17-5-4-6-19(13-17)20-11-9-18(25(28)15-20)10-12-21-14-22(16-30)29-26(21)23-7-2-3-8-24(23)27/h2-9,11,13-15,21,30H,10,12,16H2,1H3. The zero-order valence-electron chi connectivity index (χ0n) is 16.8. The van der Waals surface area contributed by atoms with Gasteiger partial charge in [-0.2, -0.15) is 0 Å². The summed E-state index contributed by atoms with van der Waals surface area (Å²) in [7, 11) is 0. The Hall–Kier alpha value is -2.39. The maximum absolute atomic E-state index is 9.58. The van der Waals surface area contributed by atoms with E-state index < -0.39 is 0 Å². The molecule has 0 spiro atoms. The summed E-state index contributed by atoms with van der Waals surface area (Å²) in [6.07, 6.45) is 3.70. The van der Waals surface area contributed by atoms with Gasteiger partial charge in [0.1, 0.15) is 0 Å². The van der Waals surface area contributed by atoms with Crippen LogP contribution in [0.1, 0.15) is 23.1 Å². The van der Waals surface area contributed by atoms with Gasteiger partial charge >= 0.3 is 0 Å². The highest BCUT2D eigenvalue weighted by molar-refractivity contribution is 6.34. The number of aliphatic hydroxyl groups is 1. The van der Waals surface area contributed by atoms with Crippen LogP contribution in [0.4, 0.5) is 0 Å². The van der Waals surface area contributed by atoms with Crippen LogP contribution in [-0.2, 0) is 6.42 Å². The van der Waals surface area contributed by atoms with Crippen molar-refractivity contribution in [2.45, 2.75) is 19.8 Å². The maximum Gasteiger partial charge on any atom is 0.0850 e. The van der Waals surface area contributed by atoms with E-state index in [1.54, 1.807) is 0 Å². The molecule has 0 saturated heterocycles. The van der Waals surface area contributed by atoms with Crippen molar-refractivity contribution in [1.29, 1.82) is 0 Å². The van der Waals surface area contributed by atoms with E-state index in [0.29, 0.717) is 10.7 Å². The zero-order valence-corrected chi connectivity index (χ0v) is 18.3. The summed E-state index contributed by atoms with van der Waals surface area (Å²) in [5.74, 6) is 0.0968. The number of hydrogen-bond donors (Lipinski definition) is 1. The quantitative estimate of drug-likeness (QED) is 0.448. The first kappa shape index (κ1) is 20.9. The number of aryl methyl sites for hydroxylation is 2. The van der Waals surface area contributed by atoms with Gasteiger partial charge in [-0.25, -0.2) is 0 Å². The van der Waals surface area contributed by atoms with E-state index in [1.807, 2.05) is 36.4 Å². The van der Waals surface area contributed by atoms with Crippen molar-refractivity contribution in [2.75, 3.05) is 6.61 Å². The molecule has 0 radical (unpaired) electrons. The normalized spacial score (nSPS) is 15.8. The molecular formula is C26H23Cl2NO. The molecule has 0 aliphatic carbocycles. The highest BCUT2D eigenvalue weighted by Crippen LogP contribution is 2.31. The second-order valence-corrected chi connectivity index (χ2v) is 8.43. The molecule has 0 saturated carbocycles. The van der Waals surface area contributed by atoms with Crippen LogP contribution in [0.25, 0.3) is 11.1 Å². The van der Waals surface area contributed by atoms with Crippen molar-refractivity contribution in [3.05, 3.63) is 105 Å². The average Bonchev–Trinajstić information content (AvgIpc) is 3.16. The van der Waals surface area contributed by atoms with Crippen LogP contribution in [-0.4, -0.2) is 17.4 Å². The van der Waals surface area contributed by atoms with Crippen LogP contribution in [0.2, 0.25) is 10.0 Å². The molecule has 2 nitrogen and oxygen atoms in total. The highest BCUT2D eigenvalue weighted by Gasteiger charge is 2.24. The molecule has 1 atom stereocenters. The van der Waals surface area contributed by atoms with E-state index in [-0.39, 0.29) is 12.5 Å². The van der Waals surface area contributed by atoms with E-state index in [1.165, 1.54) is 11.1 Å². The molecule has 4 rings (SSSR count). The molecular weight excluding hydrogens is 413 g/mol. The van der Waals surface area contributed by atoms with E-state index in [4.69, 9.17) is 23.2 Å². The summed E-state index contributed by atoms with van der Waals surface area (Å²) >= 11 is 13.0. The Kier molecular flexibility index (Phi) is 6.38. The van der Waals surface area contributed by atoms with Crippen molar-refractivity contribution in [2.24, 2.45) is 10.9 Å². The van der Waals surface area contributed by atoms with E-state index >= 15 is 0 Å². The number of halogens is 2. The van der Waals surface area contributed by atoms with Crippen molar-refractivity contribution >= 4 is 28.9 Å². The SMILES string of the molecule is Cc1cccc(-c2ccc(CCC3C=C(CO)N=C3c3ccccc3Cl)c(Cl)c2)c1. The molecule has 30 heavy (non-hydrogen) atoms. The van der Waals surface area contributed by atoms with Gasteiger partial charge in [0, 0.05) is 21.5 Å². The van der Waals surface area contributed by atoms with Crippen molar-refractivity contribution in [1.82, 2.24) is 0 Å². The second-order valence-electron chi connectivity index (χ2n) is 7.61. The minimum atomic E-state index is -0.0730. The second kappa shape index (κ2) is 9.18. The van der Waals surface area contributed by atoms with Gasteiger partial charge in [0.05, 0.1) is 18.0 Å². The number of nitrogens with zero attached hydrogens (tertiary/aromatic N) is 1. The fraction of sp³-hybridized carbons (Fsp3) is 0.192. The number of aliphatic hydroxyl groups excluding tert-OH is 1. The molecule has 3 aromatic carbocycles. The predicted octanol–water partition coefficient (Wildman–Crippen LogP) is 6.90. The molecule has 4 heteroatoms. The Bertz CT molecular complexity index is 1130. The van der Waals surface area contributed by atoms with Crippen molar-refractivity contribution in [3.8, 4) is 11.1 Å². The highest BCUT2D eigenvalue weighted by atomic mass is 35.5. The van der Waals surface area contributed by atoms with Crippen molar-refractivity contribution in [3.63, 3.8) is 0 Å². The third kappa shape index (κ3) is 4.52. The van der Waals surface area contributed by atoms with Gasteiger partial charge in [0.15, 0.2) is 0 Å². The first-order chi connectivity index (χ1) is 14.5. The Morgan fingerprint density at radius 2 is 1.70 bits per heavy atom. The van der Waals surface area contributed by atoms with Gasteiger partial charge in [-0.05, 0) is 48.6 Å². The van der Waals surface area contributed by atoms with Gasteiger partial charge < -0.3 is 5.11 Å². The molecule has 0 amide bonds. The zero-order chi connectivity index (χ0) is 21.1. The van der Waals surface area contributed by atoms with Gasteiger partial charge in [0.2, 0.25) is 0 Å². The lowest BCUT2D eigenvalue weighted by Gasteiger charge is -2.14. The van der Waals surface area contributed by atoms with E-state index in [9.17, 15) is 5.11 Å². The summed E-state index contributed by atoms with van der Waals surface area (Å²) in [6, 6.07) is 22.4. The van der Waals surface area contributed by atoms with Crippen LogP contribution in [0.3, 0.4) is 0 Å². The van der Waals surface area contributed by atoms with Crippen LogP contribution in [0.5, 0.6) is 0 Å². The van der Waals surface area contributed by atoms with Crippen LogP contribution in [0.15, 0.2) is 83.5 Å². The summed E-state index contributed by atoms with van der Waals surface area (Å²) < 4.78 is 0. The number of aliphatic imine (C=N–C) groups is 1. The monoisotopic (exact) mass is 435 g/mol. The summed E-state index contributed by atoms with van der Waals surface area (Å²) in [4.78, 5) is 4.63. The first-order valence-electron chi connectivity index (χ1n) is 10.1. The molecule has 1 aliphatic rings.